The summed E-state index contributed by atoms with van der Waals surface area (Å²) in [6.07, 6.45) is 0. The Hall–Kier alpha value is -4.54. The van der Waals surface area contributed by atoms with Crippen molar-refractivity contribution in [3.63, 3.8) is 0 Å². The van der Waals surface area contributed by atoms with Crippen LogP contribution in [0.25, 0.3) is 22.2 Å². The molecule has 8 nitrogen and oxygen atoms in total. The molecule has 2 aromatic heterocycles. The van der Waals surface area contributed by atoms with Crippen LogP contribution in [0, 0.1) is 13.8 Å². The zero-order chi connectivity index (χ0) is 28.8. The third kappa shape index (κ3) is 4.96. The summed E-state index contributed by atoms with van der Waals surface area (Å²) in [7, 11) is -8.47. The van der Waals surface area contributed by atoms with Gasteiger partial charge in [-0.25, -0.2) is 26.8 Å². The van der Waals surface area contributed by atoms with E-state index in [1.54, 1.807) is 47.0 Å². The number of nitrogens with one attached hydrogen (secondary N) is 1. The third-order valence-corrected chi connectivity index (χ3v) is 10.0. The van der Waals surface area contributed by atoms with Gasteiger partial charge in [-0.1, -0.05) is 77.9 Å². The zero-order valence-electron chi connectivity index (χ0n) is 22.3. The molecule has 0 spiro atoms. The maximum absolute atomic E-state index is 14.3. The van der Waals surface area contributed by atoms with Crippen molar-refractivity contribution in [1.29, 1.82) is 0 Å². The van der Waals surface area contributed by atoms with Gasteiger partial charge in [-0.15, -0.1) is 0 Å². The van der Waals surface area contributed by atoms with Crippen molar-refractivity contribution in [1.82, 2.24) is 14.5 Å². The molecule has 6 rings (SSSR count). The molecule has 1 N–H and O–H groups in total. The molecule has 0 amide bonds. The van der Waals surface area contributed by atoms with Gasteiger partial charge in [0, 0.05) is 0 Å². The molecule has 0 aliphatic rings. The number of hydrogen-bond acceptors (Lipinski definition) is 6. The minimum absolute atomic E-state index is 0.00406. The smallest absolute Gasteiger partial charge is 0.263 e. The molecular formula is C31H26N4O4S2. The summed E-state index contributed by atoms with van der Waals surface area (Å²) in [5.41, 5.74) is 3.99. The van der Waals surface area contributed by atoms with Gasteiger partial charge >= 0.3 is 0 Å². The normalized spacial score (nSPS) is 12.1. The van der Waals surface area contributed by atoms with Gasteiger partial charge < -0.3 is 4.57 Å². The van der Waals surface area contributed by atoms with Gasteiger partial charge in [0.15, 0.2) is 5.65 Å². The molecule has 0 bridgehead atoms. The molecule has 10 heteroatoms. The van der Waals surface area contributed by atoms with Crippen LogP contribution in [0.5, 0.6) is 0 Å². The molecule has 0 radical (unpaired) electrons. The number of aryl methyl sites for hydroxylation is 2. The number of sulfone groups is 1. The van der Waals surface area contributed by atoms with Crippen LogP contribution in [0.1, 0.15) is 16.7 Å². The molecule has 0 saturated heterocycles. The lowest BCUT2D eigenvalue weighted by molar-refractivity contribution is 0.596. The summed E-state index contributed by atoms with van der Waals surface area (Å²) in [5.74, 6) is -0.125. The lowest BCUT2D eigenvalue weighted by Gasteiger charge is -2.15. The summed E-state index contributed by atoms with van der Waals surface area (Å²) in [6.45, 7) is 3.87. The Morgan fingerprint density at radius 1 is 0.659 bits per heavy atom. The zero-order valence-corrected chi connectivity index (χ0v) is 23.9. The van der Waals surface area contributed by atoms with Crippen molar-refractivity contribution in [2.75, 3.05) is 4.72 Å². The average molecular weight is 583 g/mol. The van der Waals surface area contributed by atoms with E-state index in [2.05, 4.69) is 4.72 Å². The van der Waals surface area contributed by atoms with E-state index in [1.807, 2.05) is 50.2 Å². The molecule has 4 aromatic carbocycles. The first-order valence-corrected chi connectivity index (χ1v) is 15.8. The fraction of sp³-hybridized carbons (Fsp3) is 0.0968. The number of nitrogens with zero attached hydrogens (tertiary/aromatic N) is 3. The Morgan fingerprint density at radius 3 is 1.80 bits per heavy atom. The summed E-state index contributed by atoms with van der Waals surface area (Å²) in [6, 6.07) is 29.3. The van der Waals surface area contributed by atoms with Crippen LogP contribution in [-0.4, -0.2) is 31.4 Å². The monoisotopic (exact) mass is 582 g/mol. The van der Waals surface area contributed by atoms with Crippen molar-refractivity contribution in [2.24, 2.45) is 0 Å². The predicted octanol–water partition coefficient (Wildman–Crippen LogP) is 5.88. The highest BCUT2D eigenvalue weighted by Gasteiger charge is 2.33. The molecule has 206 valence electrons. The molecule has 0 atom stereocenters. The second kappa shape index (κ2) is 10.1. The first-order valence-electron chi connectivity index (χ1n) is 12.9. The molecular weight excluding hydrogens is 556 g/mol. The van der Waals surface area contributed by atoms with Crippen LogP contribution >= 0.6 is 0 Å². The summed E-state index contributed by atoms with van der Waals surface area (Å²) in [5, 5.41) is 0. The van der Waals surface area contributed by atoms with Crippen molar-refractivity contribution in [2.45, 2.75) is 35.1 Å². The maximum Gasteiger partial charge on any atom is 0.263 e. The van der Waals surface area contributed by atoms with Crippen LogP contribution in [-0.2, 0) is 26.4 Å². The highest BCUT2D eigenvalue weighted by atomic mass is 32.2. The molecule has 41 heavy (non-hydrogen) atoms. The Labute approximate surface area is 238 Å². The number of sulfonamides is 1. The Kier molecular flexibility index (Phi) is 6.59. The number of benzene rings is 4. The summed E-state index contributed by atoms with van der Waals surface area (Å²) >= 11 is 0. The Morgan fingerprint density at radius 2 is 1.20 bits per heavy atom. The number of anilines is 1. The van der Waals surface area contributed by atoms with E-state index < -0.39 is 19.9 Å². The van der Waals surface area contributed by atoms with E-state index in [0.29, 0.717) is 11.0 Å². The number of fused-ring (bicyclic) bond motifs is 2. The number of aromatic nitrogens is 3. The van der Waals surface area contributed by atoms with Gasteiger partial charge in [0.2, 0.25) is 9.84 Å². The lowest BCUT2D eigenvalue weighted by atomic mass is 10.2. The highest BCUT2D eigenvalue weighted by Crippen LogP contribution is 2.38. The Bertz CT molecular complexity index is 2120. The van der Waals surface area contributed by atoms with Crippen LogP contribution in [0.15, 0.2) is 118 Å². The van der Waals surface area contributed by atoms with Gasteiger partial charge in [0.1, 0.15) is 16.2 Å². The number of hydrogen-bond donors (Lipinski definition) is 1. The minimum atomic E-state index is -4.26. The van der Waals surface area contributed by atoms with Gasteiger partial charge in [0.25, 0.3) is 10.0 Å². The molecule has 0 aliphatic heterocycles. The van der Waals surface area contributed by atoms with E-state index >= 15 is 0 Å². The van der Waals surface area contributed by atoms with Crippen molar-refractivity contribution >= 4 is 47.9 Å². The molecule has 0 saturated carbocycles. The molecule has 0 fully saturated rings. The van der Waals surface area contributed by atoms with Gasteiger partial charge in [-0.2, -0.15) is 0 Å². The maximum atomic E-state index is 14.3. The lowest BCUT2D eigenvalue weighted by Crippen LogP contribution is -2.18. The SMILES string of the molecule is Cc1ccc(S(=O)(=O)Nc2c(S(=O)(=O)c3ccc(C)cc3)c3nc4ccccc4nc3n2Cc2ccccc2)cc1. The quantitative estimate of drug-likeness (QED) is 0.252. The minimum Gasteiger partial charge on any atom is -0.305 e. The second-order valence-electron chi connectivity index (χ2n) is 9.87. The van der Waals surface area contributed by atoms with Crippen LogP contribution in [0.3, 0.4) is 0 Å². The average Bonchev–Trinajstić information content (AvgIpc) is 3.24. The highest BCUT2D eigenvalue weighted by molar-refractivity contribution is 7.93. The van der Waals surface area contributed by atoms with Crippen molar-refractivity contribution in [3.05, 3.63) is 120 Å². The van der Waals surface area contributed by atoms with Crippen molar-refractivity contribution < 1.29 is 16.8 Å². The van der Waals surface area contributed by atoms with E-state index in [4.69, 9.17) is 9.97 Å². The topological polar surface area (TPSA) is 111 Å². The fourth-order valence-electron chi connectivity index (χ4n) is 4.69. The molecule has 6 aromatic rings. The first-order chi connectivity index (χ1) is 19.6. The largest absolute Gasteiger partial charge is 0.305 e. The first kappa shape index (κ1) is 26.7. The van der Waals surface area contributed by atoms with E-state index in [0.717, 1.165) is 16.7 Å². The van der Waals surface area contributed by atoms with Gasteiger partial charge in [-0.3, -0.25) is 4.72 Å². The van der Waals surface area contributed by atoms with Crippen LogP contribution in [0.2, 0.25) is 0 Å². The van der Waals surface area contributed by atoms with E-state index in [1.165, 1.54) is 24.3 Å². The predicted molar refractivity (Wildman–Crippen MR) is 159 cm³/mol. The summed E-state index contributed by atoms with van der Waals surface area (Å²) < 4.78 is 60.3. The van der Waals surface area contributed by atoms with Crippen molar-refractivity contribution in [3.8, 4) is 0 Å². The number of rotatable bonds is 7. The number of para-hydroxylation sites is 2. The molecule has 2 heterocycles. The Balaban J connectivity index is 1.69. The molecule has 0 aliphatic carbocycles. The standard InChI is InChI=1S/C31H26N4O4S2/c1-21-12-16-24(17-13-21)40(36,37)29-28-30(33-27-11-7-6-10-26(27)32-28)35(20-23-8-4-3-5-9-23)31(29)34-41(38,39)25-18-14-22(2)15-19-25/h3-19,34H,20H2,1-2H3. The summed E-state index contributed by atoms with van der Waals surface area (Å²) in [4.78, 5) is 9.30. The van der Waals surface area contributed by atoms with E-state index in [-0.39, 0.29) is 38.2 Å². The van der Waals surface area contributed by atoms with Crippen LogP contribution < -0.4 is 4.72 Å². The third-order valence-electron chi connectivity index (χ3n) is 6.85. The van der Waals surface area contributed by atoms with E-state index in [9.17, 15) is 16.8 Å². The van der Waals surface area contributed by atoms with Gasteiger partial charge in [0.05, 0.1) is 27.4 Å². The van der Waals surface area contributed by atoms with Gasteiger partial charge in [-0.05, 0) is 55.8 Å². The fourth-order valence-corrected chi connectivity index (χ4v) is 7.37. The molecule has 0 unspecified atom stereocenters. The van der Waals surface area contributed by atoms with Crippen LogP contribution in [0.4, 0.5) is 5.82 Å². The second-order valence-corrected chi connectivity index (χ2v) is 13.4.